The molecule has 1 aliphatic carbocycles. The number of rotatable bonds is 5. The fourth-order valence-corrected chi connectivity index (χ4v) is 5.67. The summed E-state index contributed by atoms with van der Waals surface area (Å²) >= 11 is 1.29. The predicted octanol–water partition coefficient (Wildman–Crippen LogP) is 4.79. The molecule has 1 aliphatic heterocycles. The normalized spacial score (nSPS) is 16.5. The van der Waals surface area contributed by atoms with Crippen molar-refractivity contribution < 1.29 is 28.6 Å². The van der Waals surface area contributed by atoms with Crippen molar-refractivity contribution in [1.29, 1.82) is 0 Å². The molecule has 0 aromatic heterocycles. The predicted molar refractivity (Wildman–Crippen MR) is 130 cm³/mol. The van der Waals surface area contributed by atoms with Gasteiger partial charge in [-0.25, -0.2) is 14.0 Å². The number of carbonyl (C=O) groups is 3. The van der Waals surface area contributed by atoms with E-state index in [9.17, 15) is 23.9 Å². The molecule has 35 heavy (non-hydrogen) atoms. The van der Waals surface area contributed by atoms with E-state index >= 15 is 0 Å². The minimum atomic E-state index is -1.13. The van der Waals surface area contributed by atoms with Crippen molar-refractivity contribution in [2.45, 2.75) is 12.0 Å². The van der Waals surface area contributed by atoms with Gasteiger partial charge in [0.25, 0.3) is 5.91 Å². The molecule has 2 amide bonds. The summed E-state index contributed by atoms with van der Waals surface area (Å²) in [5.74, 6) is -2.36. The molecule has 5 rings (SSSR count). The molecule has 1 saturated heterocycles. The maximum absolute atomic E-state index is 14.7. The van der Waals surface area contributed by atoms with E-state index < -0.39 is 29.8 Å². The van der Waals surface area contributed by atoms with Crippen molar-refractivity contribution in [2.75, 3.05) is 23.6 Å². The number of hydrogen-bond donors (Lipinski definition) is 2. The number of carboxylic acids is 1. The number of thioether (sulfide) groups is 1. The van der Waals surface area contributed by atoms with Crippen LogP contribution in [0.15, 0.2) is 66.7 Å². The highest BCUT2D eigenvalue weighted by Gasteiger charge is 2.36. The highest BCUT2D eigenvalue weighted by atomic mass is 32.2. The van der Waals surface area contributed by atoms with Crippen molar-refractivity contribution >= 4 is 35.4 Å². The quantitative estimate of drug-likeness (QED) is 0.532. The summed E-state index contributed by atoms with van der Waals surface area (Å²) in [7, 11) is 0. The van der Waals surface area contributed by atoms with Gasteiger partial charge in [-0.15, -0.1) is 11.8 Å². The van der Waals surface area contributed by atoms with Gasteiger partial charge in [0.05, 0.1) is 11.4 Å². The summed E-state index contributed by atoms with van der Waals surface area (Å²) in [6.07, 6.45) is -0.743. The second kappa shape index (κ2) is 9.42. The van der Waals surface area contributed by atoms with E-state index in [-0.39, 0.29) is 35.4 Å². The van der Waals surface area contributed by atoms with Crippen LogP contribution in [0.4, 0.5) is 14.9 Å². The van der Waals surface area contributed by atoms with E-state index in [0.717, 1.165) is 33.2 Å². The number of hydrogen-bond acceptors (Lipinski definition) is 5. The number of amides is 2. The molecule has 0 bridgehead atoms. The van der Waals surface area contributed by atoms with Crippen molar-refractivity contribution in [3.63, 3.8) is 0 Å². The zero-order chi connectivity index (χ0) is 24.5. The minimum absolute atomic E-state index is 0.106. The van der Waals surface area contributed by atoms with E-state index in [0.29, 0.717) is 0 Å². The molecule has 7 nitrogen and oxygen atoms in total. The Morgan fingerprint density at radius 1 is 1.03 bits per heavy atom. The topological polar surface area (TPSA) is 95.9 Å². The first kappa shape index (κ1) is 22.9. The van der Waals surface area contributed by atoms with Crippen LogP contribution in [0.2, 0.25) is 0 Å². The Kier molecular flexibility index (Phi) is 6.17. The van der Waals surface area contributed by atoms with Crippen LogP contribution in [0.5, 0.6) is 0 Å². The number of nitrogens with one attached hydrogen (secondary N) is 1. The number of anilines is 1. The maximum Gasteiger partial charge on any atom is 0.411 e. The third kappa shape index (κ3) is 4.35. The number of nitrogens with zero attached hydrogens (tertiary/aromatic N) is 1. The largest absolute Gasteiger partial charge is 0.480 e. The lowest BCUT2D eigenvalue weighted by Gasteiger charge is -2.21. The number of aliphatic carboxylic acids is 1. The molecule has 1 heterocycles. The fraction of sp³-hybridized carbons (Fsp3) is 0.192. The second-order valence-corrected chi connectivity index (χ2v) is 9.27. The Balaban J connectivity index is 1.25. The number of carboxylic acid groups (broad SMARTS) is 1. The van der Waals surface area contributed by atoms with E-state index in [2.05, 4.69) is 5.32 Å². The molecular formula is C26H21FN2O5S. The summed E-state index contributed by atoms with van der Waals surface area (Å²) in [5.41, 5.74) is 4.26. The number of benzene rings is 3. The monoisotopic (exact) mass is 492 g/mol. The van der Waals surface area contributed by atoms with Gasteiger partial charge >= 0.3 is 12.1 Å². The zero-order valence-corrected chi connectivity index (χ0v) is 19.3. The Bertz CT molecular complexity index is 1290. The summed E-state index contributed by atoms with van der Waals surface area (Å²) in [5, 5.41) is 11.8. The van der Waals surface area contributed by atoms with E-state index in [1.807, 2.05) is 48.5 Å². The zero-order valence-electron chi connectivity index (χ0n) is 18.4. The van der Waals surface area contributed by atoms with E-state index in [4.69, 9.17) is 4.74 Å². The van der Waals surface area contributed by atoms with Gasteiger partial charge in [-0.05, 0) is 40.5 Å². The molecule has 1 atom stereocenters. The lowest BCUT2D eigenvalue weighted by Crippen LogP contribution is -2.42. The molecule has 9 heteroatoms. The molecule has 1 unspecified atom stereocenters. The molecule has 0 radical (unpaired) electrons. The summed E-state index contributed by atoms with van der Waals surface area (Å²) in [6, 6.07) is 18.6. The molecule has 178 valence electrons. The molecule has 3 aromatic rings. The van der Waals surface area contributed by atoms with Gasteiger partial charge in [-0.2, -0.15) is 0 Å². The molecule has 3 aromatic carbocycles. The third-order valence-electron chi connectivity index (χ3n) is 6.22. The highest BCUT2D eigenvalue weighted by Crippen LogP contribution is 2.44. The fourth-order valence-electron chi connectivity index (χ4n) is 4.52. The van der Waals surface area contributed by atoms with Crippen LogP contribution in [0.1, 0.15) is 27.4 Å². The number of carbonyl (C=O) groups excluding carboxylic acids is 2. The van der Waals surface area contributed by atoms with Gasteiger partial charge in [0, 0.05) is 17.4 Å². The second-order valence-electron chi connectivity index (χ2n) is 8.27. The Labute approximate surface area is 204 Å². The lowest BCUT2D eigenvalue weighted by atomic mass is 9.98. The van der Waals surface area contributed by atoms with Crippen molar-refractivity contribution in [3.8, 4) is 11.1 Å². The molecule has 0 saturated carbocycles. The van der Waals surface area contributed by atoms with Crippen LogP contribution in [0.3, 0.4) is 0 Å². The lowest BCUT2D eigenvalue weighted by molar-refractivity contribution is -0.140. The van der Waals surface area contributed by atoms with Crippen LogP contribution < -0.4 is 5.32 Å². The smallest absolute Gasteiger partial charge is 0.411 e. The molecule has 2 aliphatic rings. The van der Waals surface area contributed by atoms with Crippen molar-refractivity contribution in [2.24, 2.45) is 0 Å². The average molecular weight is 493 g/mol. The summed E-state index contributed by atoms with van der Waals surface area (Å²) < 4.78 is 20.2. The third-order valence-corrected chi connectivity index (χ3v) is 7.23. The SMILES string of the molecule is O=C(Nc1ccc(C(=O)N2CSCC2C(=O)O)c(F)c1)OCC1c2ccccc2-c2ccccc21. The van der Waals surface area contributed by atoms with Crippen LogP contribution in [-0.2, 0) is 9.53 Å². The van der Waals surface area contributed by atoms with Crippen LogP contribution >= 0.6 is 11.8 Å². The Morgan fingerprint density at radius 3 is 2.31 bits per heavy atom. The van der Waals surface area contributed by atoms with E-state index in [1.165, 1.54) is 23.9 Å². The maximum atomic E-state index is 14.7. The molecular weight excluding hydrogens is 471 g/mol. The van der Waals surface area contributed by atoms with Crippen molar-refractivity contribution in [3.05, 3.63) is 89.2 Å². The van der Waals surface area contributed by atoms with Gasteiger partial charge in [-0.1, -0.05) is 48.5 Å². The standard InChI is InChI=1S/C26H21FN2O5S/c27-22-11-15(9-10-20(22)24(30)29-14-35-13-23(29)25(31)32)28-26(33)34-12-21-18-7-3-1-5-16(18)17-6-2-4-8-19(17)21/h1-11,21,23H,12-14H2,(H,28,33)(H,31,32). The summed E-state index contributed by atoms with van der Waals surface area (Å²) in [4.78, 5) is 37.6. The van der Waals surface area contributed by atoms with Crippen LogP contribution in [0, 0.1) is 5.82 Å². The first-order valence-corrected chi connectivity index (χ1v) is 12.1. The first-order valence-electron chi connectivity index (χ1n) is 11.0. The number of halogens is 1. The Morgan fingerprint density at radius 2 is 1.69 bits per heavy atom. The van der Waals surface area contributed by atoms with Gasteiger partial charge in [-0.3, -0.25) is 10.1 Å². The highest BCUT2D eigenvalue weighted by molar-refractivity contribution is 7.99. The van der Waals surface area contributed by atoms with Gasteiger partial charge < -0.3 is 14.7 Å². The number of ether oxygens (including phenoxy) is 1. The first-order chi connectivity index (χ1) is 16.9. The van der Waals surface area contributed by atoms with Crippen molar-refractivity contribution in [1.82, 2.24) is 4.90 Å². The Hall–Kier alpha value is -3.85. The van der Waals surface area contributed by atoms with Gasteiger partial charge in [0.1, 0.15) is 18.5 Å². The minimum Gasteiger partial charge on any atom is -0.480 e. The van der Waals surface area contributed by atoms with Crippen LogP contribution in [0.25, 0.3) is 11.1 Å². The van der Waals surface area contributed by atoms with Gasteiger partial charge in [0.2, 0.25) is 0 Å². The summed E-state index contributed by atoms with van der Waals surface area (Å²) in [6.45, 7) is 0.113. The van der Waals surface area contributed by atoms with E-state index in [1.54, 1.807) is 0 Å². The van der Waals surface area contributed by atoms with Gasteiger partial charge in [0.15, 0.2) is 0 Å². The molecule has 2 N–H and O–H groups in total. The van der Waals surface area contributed by atoms with Crippen LogP contribution in [-0.4, -0.2) is 52.3 Å². The molecule has 1 fully saturated rings. The molecule has 0 spiro atoms. The number of fused-ring (bicyclic) bond motifs is 3. The average Bonchev–Trinajstić information content (AvgIpc) is 3.46.